The summed E-state index contributed by atoms with van der Waals surface area (Å²) in [6.07, 6.45) is 8.10. The van der Waals surface area contributed by atoms with E-state index in [9.17, 15) is 0 Å². The van der Waals surface area contributed by atoms with E-state index in [4.69, 9.17) is 15.0 Å². The van der Waals surface area contributed by atoms with Crippen LogP contribution in [0.1, 0.15) is 31.1 Å². The Labute approximate surface area is 174 Å². The van der Waals surface area contributed by atoms with Crippen LogP contribution >= 0.6 is 0 Å². The first kappa shape index (κ1) is 18.3. The van der Waals surface area contributed by atoms with E-state index in [2.05, 4.69) is 38.1 Å². The summed E-state index contributed by atoms with van der Waals surface area (Å²) in [7, 11) is 0. The fraction of sp³-hybridized carbons (Fsp3) is 0.217. The third kappa shape index (κ3) is 3.49. The van der Waals surface area contributed by atoms with Gasteiger partial charge in [0.15, 0.2) is 0 Å². The largest absolute Gasteiger partial charge is 0.358 e. The van der Waals surface area contributed by atoms with Gasteiger partial charge in [0.1, 0.15) is 12.3 Å². The molecule has 1 saturated heterocycles. The standard InChI is InChI=1S/C23H20N6O/c24-12-16-13-25-23(26-14-16)28-18-10-19(17-6-2-1-3-7-17)22-20(11-18)29(15-27-22)21-8-4-5-9-30-21/h1-3,6-7,10-11,13-15,21H,4-5,8-9H2,(H,25,26,28). The van der Waals surface area contributed by atoms with Crippen LogP contribution in [0.3, 0.4) is 0 Å². The molecule has 5 rings (SSSR count). The van der Waals surface area contributed by atoms with Crippen molar-refractivity contribution in [2.45, 2.75) is 25.5 Å². The van der Waals surface area contributed by atoms with Gasteiger partial charge in [-0.3, -0.25) is 0 Å². The summed E-state index contributed by atoms with van der Waals surface area (Å²) < 4.78 is 8.12. The van der Waals surface area contributed by atoms with Crippen molar-refractivity contribution in [1.82, 2.24) is 19.5 Å². The zero-order valence-corrected chi connectivity index (χ0v) is 16.3. The molecule has 1 unspecified atom stereocenters. The zero-order chi connectivity index (χ0) is 20.3. The molecule has 1 atom stereocenters. The summed E-state index contributed by atoms with van der Waals surface area (Å²) >= 11 is 0. The molecule has 1 aliphatic rings. The van der Waals surface area contributed by atoms with Gasteiger partial charge in [0.2, 0.25) is 5.95 Å². The molecular formula is C23H20N6O. The molecule has 1 N–H and O–H groups in total. The molecule has 0 aliphatic carbocycles. The highest BCUT2D eigenvalue weighted by Gasteiger charge is 2.20. The van der Waals surface area contributed by atoms with Gasteiger partial charge in [0.05, 0.1) is 35.3 Å². The van der Waals surface area contributed by atoms with Crippen molar-refractivity contribution in [2.24, 2.45) is 0 Å². The molecule has 2 aromatic carbocycles. The van der Waals surface area contributed by atoms with Crippen molar-refractivity contribution in [3.05, 3.63) is 66.7 Å². The van der Waals surface area contributed by atoms with E-state index in [0.29, 0.717) is 11.5 Å². The van der Waals surface area contributed by atoms with E-state index in [1.54, 1.807) is 0 Å². The average Bonchev–Trinajstić information content (AvgIpc) is 3.24. The number of anilines is 2. The lowest BCUT2D eigenvalue weighted by molar-refractivity contribution is -0.0295. The van der Waals surface area contributed by atoms with Crippen molar-refractivity contribution in [3.63, 3.8) is 0 Å². The van der Waals surface area contributed by atoms with Crippen molar-refractivity contribution >= 4 is 22.7 Å². The summed E-state index contributed by atoms with van der Waals surface area (Å²) in [6, 6.07) is 16.3. The van der Waals surface area contributed by atoms with Gasteiger partial charge < -0.3 is 14.6 Å². The summed E-state index contributed by atoms with van der Waals surface area (Å²) in [5.74, 6) is 0.437. The third-order valence-electron chi connectivity index (χ3n) is 5.27. The van der Waals surface area contributed by atoms with Crippen molar-refractivity contribution in [1.29, 1.82) is 5.26 Å². The number of ether oxygens (including phenoxy) is 1. The predicted molar refractivity (Wildman–Crippen MR) is 114 cm³/mol. The lowest BCUT2D eigenvalue weighted by Crippen LogP contribution is -2.17. The van der Waals surface area contributed by atoms with E-state index >= 15 is 0 Å². The lowest BCUT2D eigenvalue weighted by Gasteiger charge is -2.24. The SMILES string of the molecule is N#Cc1cnc(Nc2cc(-c3ccccc3)c3ncn(C4CCCCO4)c3c2)nc1. The predicted octanol–water partition coefficient (Wildman–Crippen LogP) is 4.81. The van der Waals surface area contributed by atoms with Crippen molar-refractivity contribution < 1.29 is 4.74 Å². The minimum Gasteiger partial charge on any atom is -0.358 e. The number of nitrogens with one attached hydrogen (secondary N) is 1. The number of benzene rings is 2. The minimum absolute atomic E-state index is 0.00575. The maximum Gasteiger partial charge on any atom is 0.227 e. The van der Waals surface area contributed by atoms with E-state index in [1.165, 1.54) is 12.4 Å². The van der Waals surface area contributed by atoms with Gasteiger partial charge in [-0.25, -0.2) is 15.0 Å². The van der Waals surface area contributed by atoms with Gasteiger partial charge in [-0.1, -0.05) is 30.3 Å². The second-order valence-electron chi connectivity index (χ2n) is 7.26. The highest BCUT2D eigenvalue weighted by Crippen LogP contribution is 2.35. The zero-order valence-electron chi connectivity index (χ0n) is 16.3. The van der Waals surface area contributed by atoms with Crippen LogP contribution in [0.25, 0.3) is 22.2 Å². The Morgan fingerprint density at radius 3 is 2.63 bits per heavy atom. The van der Waals surface area contributed by atoms with Gasteiger partial charge in [0.25, 0.3) is 0 Å². The maximum absolute atomic E-state index is 8.96. The smallest absolute Gasteiger partial charge is 0.227 e. The summed E-state index contributed by atoms with van der Waals surface area (Å²) in [5, 5.41) is 12.2. The number of nitrogens with zero attached hydrogens (tertiary/aromatic N) is 5. The lowest BCUT2D eigenvalue weighted by atomic mass is 10.0. The number of hydrogen-bond acceptors (Lipinski definition) is 6. The number of nitriles is 1. The second-order valence-corrected chi connectivity index (χ2v) is 7.26. The third-order valence-corrected chi connectivity index (χ3v) is 5.27. The first-order valence-corrected chi connectivity index (χ1v) is 9.98. The molecule has 0 radical (unpaired) electrons. The van der Waals surface area contributed by atoms with Gasteiger partial charge in [0, 0.05) is 17.9 Å². The van der Waals surface area contributed by atoms with Crippen LogP contribution in [-0.4, -0.2) is 26.1 Å². The number of aromatic nitrogens is 4. The monoisotopic (exact) mass is 396 g/mol. The normalized spacial score (nSPS) is 16.3. The van der Waals surface area contributed by atoms with E-state index < -0.39 is 0 Å². The molecule has 3 heterocycles. The van der Waals surface area contributed by atoms with Crippen LogP contribution in [-0.2, 0) is 4.74 Å². The van der Waals surface area contributed by atoms with Gasteiger partial charge in [-0.15, -0.1) is 0 Å². The van der Waals surface area contributed by atoms with Gasteiger partial charge in [-0.2, -0.15) is 5.26 Å². The molecule has 0 saturated carbocycles. The van der Waals surface area contributed by atoms with E-state index in [1.807, 2.05) is 36.7 Å². The summed E-state index contributed by atoms with van der Waals surface area (Å²) in [4.78, 5) is 13.2. The quantitative estimate of drug-likeness (QED) is 0.533. The van der Waals surface area contributed by atoms with Crippen LogP contribution in [0.4, 0.5) is 11.6 Å². The van der Waals surface area contributed by atoms with Crippen molar-refractivity contribution in [2.75, 3.05) is 11.9 Å². The summed E-state index contributed by atoms with van der Waals surface area (Å²) in [6.45, 7) is 0.771. The molecule has 7 heteroatoms. The molecule has 0 bridgehead atoms. The van der Waals surface area contributed by atoms with Crippen LogP contribution in [0.5, 0.6) is 0 Å². The Kier molecular flexibility index (Phi) is 4.83. The first-order valence-electron chi connectivity index (χ1n) is 9.98. The molecule has 7 nitrogen and oxygen atoms in total. The Morgan fingerprint density at radius 1 is 1.07 bits per heavy atom. The van der Waals surface area contributed by atoms with Crippen LogP contribution in [0.15, 0.2) is 61.2 Å². The average molecular weight is 396 g/mol. The fourth-order valence-corrected chi connectivity index (χ4v) is 3.80. The number of fused-ring (bicyclic) bond motifs is 1. The maximum atomic E-state index is 8.96. The molecule has 30 heavy (non-hydrogen) atoms. The summed E-state index contributed by atoms with van der Waals surface area (Å²) in [5.41, 5.74) is 5.32. The molecule has 0 amide bonds. The molecular weight excluding hydrogens is 376 g/mol. The highest BCUT2D eigenvalue weighted by atomic mass is 16.5. The van der Waals surface area contributed by atoms with Crippen molar-refractivity contribution in [3.8, 4) is 17.2 Å². The second kappa shape index (κ2) is 7.93. The number of imidazole rings is 1. The fourth-order valence-electron chi connectivity index (χ4n) is 3.80. The van der Waals surface area contributed by atoms with Crippen LogP contribution < -0.4 is 5.32 Å². The molecule has 2 aromatic heterocycles. The van der Waals surface area contributed by atoms with Crippen LogP contribution in [0, 0.1) is 11.3 Å². The topological polar surface area (TPSA) is 88.7 Å². The number of rotatable bonds is 4. The molecule has 1 fully saturated rings. The first-order chi connectivity index (χ1) is 14.8. The van der Waals surface area contributed by atoms with E-state index in [-0.39, 0.29) is 6.23 Å². The Bertz CT molecular complexity index is 1200. The molecule has 0 spiro atoms. The minimum atomic E-state index is -0.00575. The molecule has 4 aromatic rings. The Balaban J connectivity index is 1.61. The van der Waals surface area contributed by atoms with Gasteiger partial charge >= 0.3 is 0 Å². The molecule has 148 valence electrons. The Morgan fingerprint density at radius 2 is 1.90 bits per heavy atom. The number of hydrogen-bond donors (Lipinski definition) is 1. The Hall–Kier alpha value is -3.76. The van der Waals surface area contributed by atoms with Crippen LogP contribution in [0.2, 0.25) is 0 Å². The van der Waals surface area contributed by atoms with Gasteiger partial charge in [-0.05, 0) is 37.0 Å². The van der Waals surface area contributed by atoms with E-state index in [0.717, 1.165) is 53.7 Å². The highest BCUT2D eigenvalue weighted by molar-refractivity contribution is 5.95. The molecule has 1 aliphatic heterocycles.